The molecule has 0 spiro atoms. The number of carbonyl (C=O) groups excluding carboxylic acids is 2. The summed E-state index contributed by atoms with van der Waals surface area (Å²) in [7, 11) is 1.52. The first-order chi connectivity index (χ1) is 9.58. The van der Waals surface area contributed by atoms with Crippen molar-refractivity contribution in [3.05, 3.63) is 33.7 Å². The fourth-order valence-corrected chi connectivity index (χ4v) is 2.86. The largest absolute Gasteiger partial charge is 0.496 e. The number of ether oxygens (including phenoxy) is 1. The van der Waals surface area contributed by atoms with Gasteiger partial charge in [-0.2, -0.15) is 0 Å². The highest BCUT2D eigenvalue weighted by Crippen LogP contribution is 2.35. The number of nitrogens with zero attached hydrogens (tertiary/aromatic N) is 1. The number of imide groups is 1. The molecule has 1 aromatic rings. The van der Waals surface area contributed by atoms with Crippen LogP contribution in [0.5, 0.6) is 5.75 Å². The third-order valence-electron chi connectivity index (χ3n) is 2.73. The van der Waals surface area contributed by atoms with Gasteiger partial charge < -0.3 is 10.5 Å². The molecule has 0 atom stereocenters. The average Bonchev–Trinajstić information content (AvgIpc) is 2.69. The van der Waals surface area contributed by atoms with Crippen molar-refractivity contribution >= 4 is 40.6 Å². The van der Waals surface area contributed by atoms with Crippen molar-refractivity contribution in [2.45, 2.75) is 0 Å². The Labute approximate surface area is 125 Å². The molecule has 1 heterocycles. The van der Waals surface area contributed by atoms with Gasteiger partial charge in [-0.15, -0.1) is 0 Å². The van der Waals surface area contributed by atoms with E-state index in [1.54, 1.807) is 24.3 Å². The summed E-state index contributed by atoms with van der Waals surface area (Å²) >= 11 is 6.98. The Kier molecular flexibility index (Phi) is 4.69. The smallest absolute Gasteiger partial charge is 0.293 e. The van der Waals surface area contributed by atoms with E-state index < -0.39 is 0 Å². The molecule has 0 radical (unpaired) electrons. The predicted octanol–water partition coefficient (Wildman–Crippen LogP) is 2.34. The molecule has 106 valence electrons. The molecule has 2 amide bonds. The van der Waals surface area contributed by atoms with Gasteiger partial charge in [0.1, 0.15) is 5.75 Å². The Morgan fingerprint density at radius 1 is 1.45 bits per heavy atom. The van der Waals surface area contributed by atoms with E-state index in [4.69, 9.17) is 22.1 Å². The Morgan fingerprint density at radius 2 is 2.20 bits per heavy atom. The Morgan fingerprint density at radius 3 is 2.85 bits per heavy atom. The number of carbonyl (C=O) groups is 2. The molecular weight excluding hydrogens is 300 g/mol. The third-order valence-corrected chi connectivity index (χ3v) is 3.97. The van der Waals surface area contributed by atoms with Crippen molar-refractivity contribution in [1.29, 1.82) is 0 Å². The van der Waals surface area contributed by atoms with E-state index >= 15 is 0 Å². The van der Waals surface area contributed by atoms with E-state index in [1.165, 1.54) is 7.11 Å². The van der Waals surface area contributed by atoms with Crippen LogP contribution in [-0.2, 0) is 4.79 Å². The lowest BCUT2D eigenvalue weighted by molar-refractivity contribution is -0.122. The van der Waals surface area contributed by atoms with E-state index in [9.17, 15) is 9.59 Å². The molecule has 20 heavy (non-hydrogen) atoms. The van der Waals surface area contributed by atoms with Crippen LogP contribution in [0.15, 0.2) is 23.1 Å². The van der Waals surface area contributed by atoms with Gasteiger partial charge >= 0.3 is 0 Å². The van der Waals surface area contributed by atoms with Gasteiger partial charge in [-0.05, 0) is 30.0 Å². The van der Waals surface area contributed by atoms with Gasteiger partial charge in [0.15, 0.2) is 0 Å². The lowest BCUT2D eigenvalue weighted by Crippen LogP contribution is -2.33. The molecule has 1 aliphatic rings. The van der Waals surface area contributed by atoms with Gasteiger partial charge in [0.2, 0.25) is 0 Å². The van der Waals surface area contributed by atoms with Crippen molar-refractivity contribution in [3.8, 4) is 5.75 Å². The molecule has 2 N–H and O–H groups in total. The number of amides is 2. The molecule has 0 aromatic heterocycles. The van der Waals surface area contributed by atoms with E-state index in [0.717, 1.165) is 16.7 Å². The van der Waals surface area contributed by atoms with Gasteiger partial charge in [-0.25, -0.2) is 0 Å². The Bertz CT molecular complexity index is 589. The van der Waals surface area contributed by atoms with Crippen LogP contribution in [0.3, 0.4) is 0 Å². The number of hydrogen-bond donors (Lipinski definition) is 1. The van der Waals surface area contributed by atoms with Crippen LogP contribution in [0, 0.1) is 0 Å². The summed E-state index contributed by atoms with van der Waals surface area (Å²) in [6.45, 7) is 0.447. The second-order valence-corrected chi connectivity index (χ2v) is 5.38. The maximum Gasteiger partial charge on any atom is 0.293 e. The zero-order valence-corrected chi connectivity index (χ0v) is 12.3. The minimum atomic E-state index is -0.354. The van der Waals surface area contributed by atoms with Crippen molar-refractivity contribution in [3.63, 3.8) is 0 Å². The SMILES string of the molecule is COc1cccc(Cl)c1/C=C1/SC(=O)N(CCN)C1=O. The lowest BCUT2D eigenvalue weighted by Gasteiger charge is -2.10. The number of nitrogens with two attached hydrogens (primary N) is 1. The fourth-order valence-electron chi connectivity index (χ4n) is 1.79. The lowest BCUT2D eigenvalue weighted by atomic mass is 10.2. The highest BCUT2D eigenvalue weighted by molar-refractivity contribution is 8.18. The fraction of sp³-hybridized carbons (Fsp3) is 0.231. The van der Waals surface area contributed by atoms with Gasteiger partial charge in [-0.1, -0.05) is 17.7 Å². The number of rotatable bonds is 4. The van der Waals surface area contributed by atoms with Gasteiger partial charge in [0.25, 0.3) is 11.1 Å². The average molecular weight is 313 g/mol. The molecule has 0 unspecified atom stereocenters. The molecule has 1 saturated heterocycles. The number of thioether (sulfide) groups is 1. The summed E-state index contributed by atoms with van der Waals surface area (Å²) in [5, 5.41) is 0.132. The van der Waals surface area contributed by atoms with Gasteiger partial charge in [-0.3, -0.25) is 14.5 Å². The normalized spacial score (nSPS) is 17.1. The first-order valence-electron chi connectivity index (χ1n) is 5.86. The van der Waals surface area contributed by atoms with E-state index in [2.05, 4.69) is 0 Å². The number of methoxy groups -OCH3 is 1. The summed E-state index contributed by atoms with van der Waals surface area (Å²) in [6, 6.07) is 5.18. The Balaban J connectivity index is 2.38. The highest BCUT2D eigenvalue weighted by Gasteiger charge is 2.34. The van der Waals surface area contributed by atoms with Crippen LogP contribution in [0.2, 0.25) is 5.02 Å². The van der Waals surface area contributed by atoms with Crippen molar-refractivity contribution in [2.24, 2.45) is 5.73 Å². The molecular formula is C13H13ClN2O3S. The highest BCUT2D eigenvalue weighted by atomic mass is 35.5. The quantitative estimate of drug-likeness (QED) is 0.864. The van der Waals surface area contributed by atoms with Crippen LogP contribution >= 0.6 is 23.4 Å². The van der Waals surface area contributed by atoms with Gasteiger partial charge in [0.05, 0.1) is 17.0 Å². The summed E-state index contributed by atoms with van der Waals surface area (Å²) in [5.41, 5.74) is 5.96. The zero-order chi connectivity index (χ0) is 14.7. The maximum atomic E-state index is 12.1. The third kappa shape index (κ3) is 2.82. The van der Waals surface area contributed by atoms with E-state index in [1.807, 2.05) is 0 Å². The summed E-state index contributed by atoms with van der Waals surface area (Å²) in [5.74, 6) is 0.190. The molecule has 1 fully saturated rings. The maximum absolute atomic E-state index is 12.1. The molecule has 0 bridgehead atoms. The second kappa shape index (κ2) is 6.30. The number of halogens is 1. The summed E-state index contributed by atoms with van der Waals surface area (Å²) in [6.07, 6.45) is 1.57. The summed E-state index contributed by atoms with van der Waals surface area (Å²) in [4.78, 5) is 25.3. The molecule has 0 saturated carbocycles. The van der Waals surface area contributed by atoms with E-state index in [-0.39, 0.29) is 24.2 Å². The second-order valence-electron chi connectivity index (χ2n) is 3.98. The number of hydrogen-bond acceptors (Lipinski definition) is 5. The minimum absolute atomic E-state index is 0.210. The van der Waals surface area contributed by atoms with Crippen molar-refractivity contribution in [1.82, 2.24) is 4.90 Å². The summed E-state index contributed by atoms with van der Waals surface area (Å²) < 4.78 is 5.20. The molecule has 2 rings (SSSR count). The number of benzene rings is 1. The molecule has 7 heteroatoms. The zero-order valence-electron chi connectivity index (χ0n) is 10.8. The monoisotopic (exact) mass is 312 g/mol. The van der Waals surface area contributed by atoms with Crippen LogP contribution in [0.4, 0.5) is 4.79 Å². The van der Waals surface area contributed by atoms with Crippen LogP contribution < -0.4 is 10.5 Å². The van der Waals surface area contributed by atoms with Crippen LogP contribution in [0.25, 0.3) is 6.08 Å². The first kappa shape index (κ1) is 14.9. The van der Waals surface area contributed by atoms with Crippen LogP contribution in [-0.4, -0.2) is 36.2 Å². The predicted molar refractivity (Wildman–Crippen MR) is 79.7 cm³/mol. The van der Waals surface area contributed by atoms with Gasteiger partial charge in [0, 0.05) is 18.7 Å². The molecule has 1 aromatic carbocycles. The Hall–Kier alpha value is -1.50. The minimum Gasteiger partial charge on any atom is -0.496 e. The van der Waals surface area contributed by atoms with Crippen molar-refractivity contribution < 1.29 is 14.3 Å². The molecule has 0 aliphatic carbocycles. The first-order valence-corrected chi connectivity index (χ1v) is 7.06. The van der Waals surface area contributed by atoms with E-state index in [0.29, 0.717) is 21.2 Å². The molecule has 1 aliphatic heterocycles. The van der Waals surface area contributed by atoms with Crippen molar-refractivity contribution in [2.75, 3.05) is 20.2 Å². The standard InChI is InChI=1S/C13H13ClN2O3S/c1-19-10-4-2-3-9(14)8(10)7-11-12(17)16(6-5-15)13(18)20-11/h2-4,7H,5-6,15H2,1H3/b11-7+. The molecule has 5 nitrogen and oxygen atoms in total. The topological polar surface area (TPSA) is 72.6 Å². The van der Waals surface area contributed by atoms with Crippen LogP contribution in [0.1, 0.15) is 5.56 Å².